The van der Waals surface area contributed by atoms with Crippen molar-refractivity contribution in [2.75, 3.05) is 13.2 Å². The van der Waals surface area contributed by atoms with Gasteiger partial charge in [-0.05, 0) is 30.6 Å². The van der Waals surface area contributed by atoms with Crippen molar-refractivity contribution in [2.24, 2.45) is 4.99 Å². The van der Waals surface area contributed by atoms with Gasteiger partial charge in [-0.15, -0.1) is 0 Å². The summed E-state index contributed by atoms with van der Waals surface area (Å²) in [5.41, 5.74) is -2.85. The number of nitrogens with zero attached hydrogens (tertiary/aromatic N) is 2. The molecule has 8 heteroatoms. The van der Waals surface area contributed by atoms with Crippen LogP contribution in [0.15, 0.2) is 17.1 Å². The molecule has 0 amide bonds. The van der Waals surface area contributed by atoms with E-state index in [0.717, 1.165) is 0 Å². The van der Waals surface area contributed by atoms with Crippen LogP contribution in [0, 0.1) is 10.1 Å². The molecule has 2 unspecified atom stereocenters. The molecule has 22 heavy (non-hydrogen) atoms. The zero-order chi connectivity index (χ0) is 17.0. The van der Waals surface area contributed by atoms with Gasteiger partial charge in [0, 0.05) is 18.9 Å². The van der Waals surface area contributed by atoms with Crippen LogP contribution in [0.1, 0.15) is 27.2 Å². The molecule has 6 nitrogen and oxygen atoms in total. The lowest BCUT2D eigenvalue weighted by atomic mass is 10.1. The number of nitro groups is 1. The van der Waals surface area contributed by atoms with Crippen LogP contribution in [0.25, 0.3) is 0 Å². The normalized spacial score (nSPS) is 25.5. The van der Waals surface area contributed by atoms with E-state index in [4.69, 9.17) is 20.8 Å². The first-order valence-corrected chi connectivity index (χ1v) is 10.6. The van der Waals surface area contributed by atoms with E-state index < -0.39 is 24.5 Å². The smallest absolute Gasteiger partial charge is 0.381 e. The van der Waals surface area contributed by atoms with Crippen molar-refractivity contribution in [3.05, 3.63) is 22.3 Å². The van der Waals surface area contributed by atoms with E-state index in [9.17, 15) is 10.1 Å². The third kappa shape index (κ3) is 4.38. The van der Waals surface area contributed by atoms with Gasteiger partial charge < -0.3 is 9.16 Å². The highest BCUT2D eigenvalue weighted by Gasteiger charge is 2.50. The lowest BCUT2D eigenvalue weighted by molar-refractivity contribution is -0.613. The maximum Gasteiger partial charge on any atom is 0.381 e. The van der Waals surface area contributed by atoms with Crippen LogP contribution in [0.3, 0.4) is 0 Å². The Labute approximate surface area is 137 Å². The van der Waals surface area contributed by atoms with Gasteiger partial charge in [0.2, 0.25) is 5.50 Å². The Morgan fingerprint density at radius 2 is 2.05 bits per heavy atom. The van der Waals surface area contributed by atoms with Crippen LogP contribution >= 0.6 is 11.6 Å². The minimum Gasteiger partial charge on any atom is -0.417 e. The second-order valence-corrected chi connectivity index (χ2v) is 12.0. The summed E-state index contributed by atoms with van der Waals surface area (Å²) in [6.07, 6.45) is 4.83. The second kappa shape index (κ2) is 7.21. The first-order chi connectivity index (χ1) is 10.0. The average Bonchev–Trinajstić information content (AvgIpc) is 2.38. The number of aliphatic imine (C=N–C) groups is 1. The Bertz CT molecular complexity index is 462. The van der Waals surface area contributed by atoms with Crippen molar-refractivity contribution in [1.82, 2.24) is 0 Å². The summed E-state index contributed by atoms with van der Waals surface area (Å²) in [5, 5.41) is 11.4. The Hall–Kier alpha value is -0.763. The molecule has 0 aromatic rings. The summed E-state index contributed by atoms with van der Waals surface area (Å²) >= 11 is 5.94. The molecule has 0 saturated heterocycles. The van der Waals surface area contributed by atoms with Crippen LogP contribution in [-0.4, -0.2) is 43.9 Å². The topological polar surface area (TPSA) is 74.0 Å². The van der Waals surface area contributed by atoms with Gasteiger partial charge in [0.15, 0.2) is 8.32 Å². The highest BCUT2D eigenvalue weighted by atomic mass is 35.5. The molecule has 0 aromatic carbocycles. The maximum absolute atomic E-state index is 11.3. The zero-order valence-electron chi connectivity index (χ0n) is 13.8. The first-order valence-electron chi connectivity index (χ1n) is 7.30. The molecule has 0 spiro atoms. The van der Waals surface area contributed by atoms with Crippen molar-refractivity contribution in [1.29, 1.82) is 0 Å². The van der Waals surface area contributed by atoms with Crippen molar-refractivity contribution < 1.29 is 14.1 Å². The number of alkyl halides is 1. The van der Waals surface area contributed by atoms with Gasteiger partial charge in [-0.25, -0.2) is 0 Å². The number of dihydropyridines is 1. The molecule has 1 aliphatic rings. The van der Waals surface area contributed by atoms with Crippen molar-refractivity contribution in [3.63, 3.8) is 0 Å². The molecule has 0 aliphatic carbocycles. The Balaban J connectivity index is 2.48. The molecular weight excluding hydrogens is 324 g/mol. The number of rotatable bonds is 7. The Morgan fingerprint density at radius 1 is 1.41 bits per heavy atom. The number of hydrogen-bond donors (Lipinski definition) is 0. The molecule has 1 rings (SSSR count). The first kappa shape index (κ1) is 19.3. The van der Waals surface area contributed by atoms with Crippen molar-refractivity contribution in [3.8, 4) is 0 Å². The van der Waals surface area contributed by atoms with Gasteiger partial charge in [-0.2, -0.15) is 0 Å². The third-order valence-corrected chi connectivity index (χ3v) is 9.12. The Kier molecular flexibility index (Phi) is 6.32. The molecule has 0 radical (unpaired) electrons. The summed E-state index contributed by atoms with van der Waals surface area (Å²) < 4.78 is 11.5. The molecular formula is C14H25ClN2O4Si. The van der Waals surface area contributed by atoms with Crippen LogP contribution in [0.4, 0.5) is 0 Å². The van der Waals surface area contributed by atoms with Crippen molar-refractivity contribution in [2.45, 2.75) is 56.6 Å². The average molecular weight is 349 g/mol. The minimum atomic E-state index is -1.80. The monoisotopic (exact) mass is 348 g/mol. The fourth-order valence-corrected chi connectivity index (χ4v) is 3.02. The van der Waals surface area contributed by atoms with Crippen LogP contribution in [0.5, 0.6) is 0 Å². The highest BCUT2D eigenvalue weighted by Crippen LogP contribution is 2.36. The molecule has 1 heterocycles. The Morgan fingerprint density at radius 3 is 2.55 bits per heavy atom. The number of allylic oxidation sites excluding steroid dienone is 1. The van der Waals surface area contributed by atoms with E-state index >= 15 is 0 Å². The highest BCUT2D eigenvalue weighted by molar-refractivity contribution is 6.74. The van der Waals surface area contributed by atoms with E-state index in [1.54, 1.807) is 0 Å². The minimum absolute atomic E-state index is 0.137. The standard InChI is InChI=1S/C14H25ClN2O4Si/c1-13(2,3)22(4,5)21-11-7-10-20-14(17(18)19)8-6-9-16-12(14)15/h6,8-9,12H,7,10-11H2,1-5H3. The molecule has 0 bridgehead atoms. The van der Waals surface area contributed by atoms with Crippen LogP contribution in [0.2, 0.25) is 18.1 Å². The molecule has 0 aromatic heterocycles. The fourth-order valence-electron chi connectivity index (χ4n) is 1.65. The zero-order valence-corrected chi connectivity index (χ0v) is 15.6. The van der Waals surface area contributed by atoms with E-state index in [-0.39, 0.29) is 11.6 Å². The van der Waals surface area contributed by atoms with Gasteiger partial charge in [0.25, 0.3) is 0 Å². The van der Waals surface area contributed by atoms with Gasteiger partial charge in [-0.1, -0.05) is 32.4 Å². The summed E-state index contributed by atoms with van der Waals surface area (Å²) in [7, 11) is -1.80. The van der Waals surface area contributed by atoms with E-state index in [0.29, 0.717) is 13.0 Å². The largest absolute Gasteiger partial charge is 0.417 e. The summed E-state index contributed by atoms with van der Waals surface area (Å²) in [5.74, 6) is 0. The van der Waals surface area contributed by atoms with Crippen molar-refractivity contribution >= 4 is 26.1 Å². The van der Waals surface area contributed by atoms with Crippen LogP contribution in [-0.2, 0) is 9.16 Å². The number of ether oxygens (including phenoxy) is 1. The van der Waals surface area contributed by atoms with Gasteiger partial charge >= 0.3 is 5.72 Å². The van der Waals surface area contributed by atoms with E-state index in [2.05, 4.69) is 38.9 Å². The molecule has 0 fully saturated rings. The molecule has 126 valence electrons. The SMILES string of the molecule is CC(C)(C)[Si](C)(C)OCCCOC1([N+](=O)[O-])C=CC=NC1Cl. The summed E-state index contributed by atoms with van der Waals surface area (Å²) in [6, 6.07) is 0. The predicted octanol–water partition coefficient (Wildman–Crippen LogP) is 3.59. The van der Waals surface area contributed by atoms with Gasteiger partial charge in [-0.3, -0.25) is 15.1 Å². The summed E-state index contributed by atoms with van der Waals surface area (Å²) in [4.78, 5) is 14.6. The number of hydrogen-bond acceptors (Lipinski definition) is 5. The lowest BCUT2D eigenvalue weighted by Crippen LogP contribution is -2.48. The van der Waals surface area contributed by atoms with Gasteiger partial charge in [0.05, 0.1) is 11.5 Å². The van der Waals surface area contributed by atoms with Gasteiger partial charge in [0.1, 0.15) is 0 Å². The molecule has 0 saturated carbocycles. The molecule has 1 aliphatic heterocycles. The second-order valence-electron chi connectivity index (χ2n) is 6.81. The molecule has 2 atom stereocenters. The quantitative estimate of drug-likeness (QED) is 0.134. The maximum atomic E-state index is 11.3. The third-order valence-electron chi connectivity index (χ3n) is 4.16. The predicted molar refractivity (Wildman–Crippen MR) is 90.7 cm³/mol. The molecule has 0 N–H and O–H groups in total. The van der Waals surface area contributed by atoms with E-state index in [1.807, 2.05) is 0 Å². The summed E-state index contributed by atoms with van der Waals surface area (Å²) in [6.45, 7) is 11.5. The number of halogens is 1. The van der Waals surface area contributed by atoms with Crippen LogP contribution < -0.4 is 0 Å². The lowest BCUT2D eigenvalue weighted by Gasteiger charge is -2.36. The fraction of sp³-hybridized carbons (Fsp3) is 0.786. The van der Waals surface area contributed by atoms with E-state index in [1.165, 1.54) is 18.4 Å².